The average molecular weight is 409 g/mol. The largest absolute Gasteiger partial charge is 0.494 e. The molecule has 1 atom stereocenters. The van der Waals surface area contributed by atoms with Crippen molar-refractivity contribution in [3.8, 4) is 5.75 Å². The Kier molecular flexibility index (Phi) is 21.3. The topological polar surface area (TPSA) is 61.8 Å². The second-order valence-electron chi connectivity index (χ2n) is 7.13. The van der Waals surface area contributed by atoms with Crippen LogP contribution in [0.25, 0.3) is 0 Å². The van der Waals surface area contributed by atoms with Gasteiger partial charge in [-0.05, 0) is 57.6 Å². The van der Waals surface area contributed by atoms with E-state index in [4.69, 9.17) is 23.8 Å². The van der Waals surface area contributed by atoms with E-state index in [1.54, 1.807) is 0 Å². The van der Waals surface area contributed by atoms with Crippen LogP contribution in [0.1, 0.15) is 78.1 Å². The summed E-state index contributed by atoms with van der Waals surface area (Å²) in [6.45, 7) is 7.85. The molecule has 0 aromatic heterocycles. The van der Waals surface area contributed by atoms with E-state index in [0.717, 1.165) is 51.4 Å². The minimum atomic E-state index is 0.250. The van der Waals surface area contributed by atoms with Crippen molar-refractivity contribution in [2.75, 3.05) is 26.4 Å². The Morgan fingerprint density at radius 1 is 0.759 bits per heavy atom. The third-order valence-electron chi connectivity index (χ3n) is 4.61. The molecule has 0 aliphatic heterocycles. The number of hydrogen-bond acceptors (Lipinski definition) is 5. The molecule has 1 aromatic rings. The van der Waals surface area contributed by atoms with Gasteiger partial charge in [0.25, 0.3) is 0 Å². The van der Waals surface area contributed by atoms with Crippen LogP contribution < -0.4 is 4.74 Å². The molecule has 1 rings (SSSR count). The lowest BCUT2D eigenvalue weighted by Gasteiger charge is -2.10. The second kappa shape index (κ2) is 22.6. The predicted molar refractivity (Wildman–Crippen MR) is 115 cm³/mol. The summed E-state index contributed by atoms with van der Waals surface area (Å²) >= 11 is 0. The first-order valence-corrected chi connectivity index (χ1v) is 11.1. The molecular formula is C24H40O5. The van der Waals surface area contributed by atoms with Crippen LogP contribution in [0, 0.1) is 0 Å². The fourth-order valence-corrected chi connectivity index (χ4v) is 2.71. The van der Waals surface area contributed by atoms with Gasteiger partial charge < -0.3 is 14.2 Å². The third kappa shape index (κ3) is 20.9. The Bertz CT molecular complexity index is 471. The molecule has 29 heavy (non-hydrogen) atoms. The summed E-state index contributed by atoms with van der Waals surface area (Å²) in [5, 5.41) is 0. The average Bonchev–Trinajstić information content (AvgIpc) is 2.74. The standard InChI is InChI=1S/C23H40O3.CO2/c1-3-22(2)25-20-14-7-5-4-6-12-18-24-19-13-9-15-21-26-23-16-10-8-11-17-23;2-1-3/h8,10-11,16-17,22H,3-7,9,12-15,18-21H2,1-2H3;. The van der Waals surface area contributed by atoms with Gasteiger partial charge in [0.2, 0.25) is 0 Å². The summed E-state index contributed by atoms with van der Waals surface area (Å²) in [6, 6.07) is 10.0. The number of unbranched alkanes of at least 4 members (excludes halogenated alkanes) is 7. The summed E-state index contributed by atoms with van der Waals surface area (Å²) in [6.07, 6.45) is 12.8. The number of carbonyl (C=O) groups excluding carboxylic acids is 2. The molecule has 0 amide bonds. The van der Waals surface area contributed by atoms with Crippen molar-refractivity contribution in [2.45, 2.75) is 84.2 Å². The van der Waals surface area contributed by atoms with E-state index in [1.807, 2.05) is 30.3 Å². The van der Waals surface area contributed by atoms with E-state index in [-0.39, 0.29) is 6.15 Å². The first kappa shape index (κ1) is 27.3. The van der Waals surface area contributed by atoms with Crippen molar-refractivity contribution in [3.63, 3.8) is 0 Å². The minimum absolute atomic E-state index is 0.250. The lowest BCUT2D eigenvalue weighted by atomic mass is 10.1. The Morgan fingerprint density at radius 3 is 1.83 bits per heavy atom. The lowest BCUT2D eigenvalue weighted by molar-refractivity contribution is -0.191. The maximum absolute atomic E-state index is 8.12. The van der Waals surface area contributed by atoms with E-state index in [0.29, 0.717) is 6.10 Å². The van der Waals surface area contributed by atoms with E-state index >= 15 is 0 Å². The van der Waals surface area contributed by atoms with Crippen LogP contribution in [0.2, 0.25) is 0 Å². The molecule has 0 heterocycles. The normalized spacial score (nSPS) is 11.2. The van der Waals surface area contributed by atoms with Crippen molar-refractivity contribution in [3.05, 3.63) is 30.3 Å². The second-order valence-corrected chi connectivity index (χ2v) is 7.13. The Hall–Kier alpha value is -1.68. The van der Waals surface area contributed by atoms with Gasteiger partial charge in [-0.3, -0.25) is 0 Å². The minimum Gasteiger partial charge on any atom is -0.494 e. The molecule has 0 saturated heterocycles. The van der Waals surface area contributed by atoms with Crippen LogP contribution in [-0.2, 0) is 19.1 Å². The molecule has 0 aliphatic carbocycles. The maximum Gasteiger partial charge on any atom is 0.373 e. The zero-order chi connectivity index (χ0) is 21.4. The van der Waals surface area contributed by atoms with E-state index < -0.39 is 0 Å². The Labute approximate surface area is 177 Å². The molecule has 0 aliphatic rings. The molecule has 1 aromatic carbocycles. The van der Waals surface area contributed by atoms with Gasteiger partial charge in [0.05, 0.1) is 12.7 Å². The summed E-state index contributed by atoms with van der Waals surface area (Å²) < 4.78 is 17.1. The summed E-state index contributed by atoms with van der Waals surface area (Å²) in [7, 11) is 0. The van der Waals surface area contributed by atoms with E-state index in [2.05, 4.69) is 13.8 Å². The van der Waals surface area contributed by atoms with Crippen molar-refractivity contribution in [2.24, 2.45) is 0 Å². The predicted octanol–water partition coefficient (Wildman–Crippen LogP) is 5.82. The molecule has 0 bridgehead atoms. The van der Waals surface area contributed by atoms with Gasteiger partial charge in [-0.2, -0.15) is 9.59 Å². The zero-order valence-corrected chi connectivity index (χ0v) is 18.4. The molecule has 0 fully saturated rings. The van der Waals surface area contributed by atoms with Gasteiger partial charge in [-0.25, -0.2) is 0 Å². The van der Waals surface area contributed by atoms with Crippen LogP contribution >= 0.6 is 0 Å². The molecule has 5 nitrogen and oxygen atoms in total. The maximum atomic E-state index is 8.12. The first-order chi connectivity index (χ1) is 14.2. The molecular weight excluding hydrogens is 368 g/mol. The summed E-state index contributed by atoms with van der Waals surface area (Å²) in [5.41, 5.74) is 0. The molecule has 1 unspecified atom stereocenters. The van der Waals surface area contributed by atoms with Gasteiger partial charge in [0.1, 0.15) is 5.75 Å². The fourth-order valence-electron chi connectivity index (χ4n) is 2.71. The monoisotopic (exact) mass is 408 g/mol. The molecule has 0 spiro atoms. The number of hydrogen-bond donors (Lipinski definition) is 0. The molecule has 0 saturated carbocycles. The van der Waals surface area contributed by atoms with Gasteiger partial charge in [-0.1, -0.05) is 50.8 Å². The van der Waals surface area contributed by atoms with Crippen LogP contribution in [0.5, 0.6) is 5.75 Å². The van der Waals surface area contributed by atoms with Crippen molar-refractivity contribution in [1.29, 1.82) is 0 Å². The highest BCUT2D eigenvalue weighted by Crippen LogP contribution is 2.10. The van der Waals surface area contributed by atoms with Crippen LogP contribution in [0.3, 0.4) is 0 Å². The molecule has 0 radical (unpaired) electrons. The molecule has 166 valence electrons. The lowest BCUT2D eigenvalue weighted by Crippen LogP contribution is -2.07. The Morgan fingerprint density at radius 2 is 1.24 bits per heavy atom. The van der Waals surface area contributed by atoms with Crippen molar-refractivity contribution >= 4 is 6.15 Å². The quantitative estimate of drug-likeness (QED) is 0.286. The number of ether oxygens (including phenoxy) is 3. The van der Waals surface area contributed by atoms with Gasteiger partial charge in [0, 0.05) is 19.8 Å². The summed E-state index contributed by atoms with van der Waals surface area (Å²) in [5.74, 6) is 0.965. The fraction of sp³-hybridized carbons (Fsp3) is 0.708. The van der Waals surface area contributed by atoms with Gasteiger partial charge >= 0.3 is 6.15 Å². The van der Waals surface area contributed by atoms with Crippen LogP contribution in [0.4, 0.5) is 0 Å². The Balaban J connectivity index is 0.00000245. The highest BCUT2D eigenvalue weighted by Gasteiger charge is 1.98. The van der Waals surface area contributed by atoms with Gasteiger partial charge in [-0.15, -0.1) is 0 Å². The van der Waals surface area contributed by atoms with Gasteiger partial charge in [0.15, 0.2) is 0 Å². The number of rotatable bonds is 18. The van der Waals surface area contributed by atoms with Crippen LogP contribution in [0.15, 0.2) is 30.3 Å². The van der Waals surface area contributed by atoms with Crippen molar-refractivity contribution < 1.29 is 23.8 Å². The SMILES string of the molecule is CCC(C)OCCCCCCCCOCCCCCOc1ccccc1.O=C=O. The van der Waals surface area contributed by atoms with E-state index in [1.165, 1.54) is 44.9 Å². The molecule has 5 heteroatoms. The van der Waals surface area contributed by atoms with Crippen molar-refractivity contribution in [1.82, 2.24) is 0 Å². The third-order valence-corrected chi connectivity index (χ3v) is 4.61. The number of para-hydroxylation sites is 1. The first-order valence-electron chi connectivity index (χ1n) is 11.1. The number of benzene rings is 1. The van der Waals surface area contributed by atoms with E-state index in [9.17, 15) is 0 Å². The highest BCUT2D eigenvalue weighted by atomic mass is 16.5. The molecule has 0 N–H and O–H groups in total. The zero-order valence-electron chi connectivity index (χ0n) is 18.4. The van der Waals surface area contributed by atoms with Crippen LogP contribution in [-0.4, -0.2) is 38.7 Å². The highest BCUT2D eigenvalue weighted by molar-refractivity contribution is 5.20. The smallest absolute Gasteiger partial charge is 0.373 e. The summed E-state index contributed by atoms with van der Waals surface area (Å²) in [4.78, 5) is 16.2.